The van der Waals surface area contributed by atoms with Crippen LogP contribution in [0.15, 0.2) is 72.8 Å². The Bertz CT molecular complexity index is 1150. The number of hydrogen-bond acceptors (Lipinski definition) is 5. The van der Waals surface area contributed by atoms with Crippen LogP contribution in [0.5, 0.6) is 11.5 Å². The topological polar surface area (TPSA) is 72.9 Å². The first-order valence-corrected chi connectivity index (χ1v) is 9.95. The maximum atomic E-state index is 12.5. The number of imide groups is 1. The average Bonchev–Trinajstić information content (AvgIpc) is 3.02. The Labute approximate surface area is 180 Å². The Morgan fingerprint density at radius 3 is 2.29 bits per heavy atom. The van der Waals surface area contributed by atoms with Gasteiger partial charge in [-0.3, -0.25) is 14.5 Å². The molecule has 156 valence electrons. The van der Waals surface area contributed by atoms with E-state index >= 15 is 0 Å². The second-order valence-corrected chi connectivity index (χ2v) is 7.47. The summed E-state index contributed by atoms with van der Waals surface area (Å²) in [5.41, 5.74) is 1.52. The molecule has 1 aliphatic heterocycles. The molecule has 1 aliphatic rings. The second kappa shape index (κ2) is 8.44. The van der Waals surface area contributed by atoms with E-state index in [1.54, 1.807) is 19.9 Å². The van der Waals surface area contributed by atoms with Crippen LogP contribution in [0.1, 0.15) is 50.5 Å². The predicted octanol–water partition coefficient (Wildman–Crippen LogP) is 4.84. The lowest BCUT2D eigenvalue weighted by molar-refractivity contribution is 0.0472. The van der Waals surface area contributed by atoms with Gasteiger partial charge in [-0.25, -0.2) is 4.79 Å². The third-order valence-electron chi connectivity index (χ3n) is 4.92. The Morgan fingerprint density at radius 2 is 1.55 bits per heavy atom. The van der Waals surface area contributed by atoms with Crippen molar-refractivity contribution in [3.05, 3.63) is 95.1 Å². The molecule has 0 aliphatic carbocycles. The third kappa shape index (κ3) is 4.19. The van der Waals surface area contributed by atoms with E-state index in [9.17, 15) is 14.4 Å². The van der Waals surface area contributed by atoms with Crippen molar-refractivity contribution in [2.45, 2.75) is 26.5 Å². The first-order valence-electron chi connectivity index (χ1n) is 9.95. The number of fused-ring (bicyclic) bond motifs is 1. The molecule has 3 aromatic carbocycles. The number of nitrogens with zero attached hydrogens (tertiary/aromatic N) is 1. The fraction of sp³-hybridized carbons (Fsp3) is 0.160. The molecule has 0 aromatic heterocycles. The molecular weight excluding hydrogens is 394 g/mol. The van der Waals surface area contributed by atoms with Crippen LogP contribution in [-0.4, -0.2) is 28.7 Å². The van der Waals surface area contributed by atoms with Gasteiger partial charge in [0.25, 0.3) is 11.8 Å². The van der Waals surface area contributed by atoms with Gasteiger partial charge in [-0.05, 0) is 61.9 Å². The molecule has 4 rings (SSSR count). The maximum Gasteiger partial charge on any atom is 0.338 e. The zero-order chi connectivity index (χ0) is 22.0. The van der Waals surface area contributed by atoms with Gasteiger partial charge in [0, 0.05) is 6.04 Å². The minimum absolute atomic E-state index is 0.0485. The number of rotatable bonds is 6. The number of para-hydroxylation sites is 1. The van der Waals surface area contributed by atoms with Gasteiger partial charge in [0.2, 0.25) is 0 Å². The van der Waals surface area contributed by atoms with E-state index in [1.165, 1.54) is 23.1 Å². The molecule has 0 atom stereocenters. The van der Waals surface area contributed by atoms with Crippen LogP contribution < -0.4 is 4.74 Å². The number of carbonyl (C=O) groups is 3. The zero-order valence-electron chi connectivity index (χ0n) is 17.2. The molecule has 6 heteroatoms. The van der Waals surface area contributed by atoms with Crippen LogP contribution in [0.4, 0.5) is 0 Å². The maximum absolute atomic E-state index is 12.5. The summed E-state index contributed by atoms with van der Waals surface area (Å²) in [4.78, 5) is 38.6. The van der Waals surface area contributed by atoms with Gasteiger partial charge >= 0.3 is 5.97 Å². The second-order valence-electron chi connectivity index (χ2n) is 7.47. The van der Waals surface area contributed by atoms with Crippen LogP contribution in [-0.2, 0) is 11.3 Å². The average molecular weight is 415 g/mol. The van der Waals surface area contributed by atoms with Gasteiger partial charge in [-0.2, -0.15) is 0 Å². The summed E-state index contributed by atoms with van der Waals surface area (Å²) in [5.74, 6) is 0.0422. The largest absolute Gasteiger partial charge is 0.457 e. The SMILES string of the molecule is CC(C)N1C(=O)c2ccc(C(=O)OCc3cccc(Oc4ccccc4)c3)cc2C1=O. The summed E-state index contributed by atoms with van der Waals surface area (Å²) in [6, 6.07) is 20.8. The van der Waals surface area contributed by atoms with Crippen molar-refractivity contribution in [2.24, 2.45) is 0 Å². The van der Waals surface area contributed by atoms with E-state index < -0.39 is 11.9 Å². The van der Waals surface area contributed by atoms with Gasteiger partial charge < -0.3 is 9.47 Å². The van der Waals surface area contributed by atoms with E-state index in [-0.39, 0.29) is 29.7 Å². The summed E-state index contributed by atoms with van der Waals surface area (Å²) >= 11 is 0. The van der Waals surface area contributed by atoms with E-state index in [1.807, 2.05) is 48.5 Å². The Morgan fingerprint density at radius 1 is 0.839 bits per heavy atom. The van der Waals surface area contributed by atoms with Crippen molar-refractivity contribution in [2.75, 3.05) is 0 Å². The summed E-state index contributed by atoms with van der Waals surface area (Å²) < 4.78 is 11.2. The number of esters is 1. The van der Waals surface area contributed by atoms with E-state index in [0.717, 1.165) is 5.56 Å². The van der Waals surface area contributed by atoms with E-state index in [2.05, 4.69) is 0 Å². The number of benzene rings is 3. The molecular formula is C25H21NO5. The normalized spacial score (nSPS) is 12.8. The fourth-order valence-corrected chi connectivity index (χ4v) is 3.41. The monoisotopic (exact) mass is 415 g/mol. The number of carbonyl (C=O) groups excluding carboxylic acids is 3. The Kier molecular flexibility index (Phi) is 5.54. The lowest BCUT2D eigenvalue weighted by atomic mass is 10.1. The van der Waals surface area contributed by atoms with Crippen LogP contribution in [0.2, 0.25) is 0 Å². The van der Waals surface area contributed by atoms with Gasteiger partial charge in [0.15, 0.2) is 0 Å². The van der Waals surface area contributed by atoms with Crippen molar-refractivity contribution in [3.8, 4) is 11.5 Å². The number of amides is 2. The lowest BCUT2D eigenvalue weighted by Crippen LogP contribution is -2.35. The fourth-order valence-electron chi connectivity index (χ4n) is 3.41. The van der Waals surface area contributed by atoms with E-state index in [0.29, 0.717) is 17.1 Å². The lowest BCUT2D eigenvalue weighted by Gasteiger charge is -2.17. The minimum atomic E-state index is -0.569. The first kappa shape index (κ1) is 20.3. The molecule has 0 spiro atoms. The molecule has 0 saturated heterocycles. The molecule has 0 saturated carbocycles. The first-order chi connectivity index (χ1) is 14.9. The van der Waals surface area contributed by atoms with Gasteiger partial charge in [-0.15, -0.1) is 0 Å². The summed E-state index contributed by atoms with van der Waals surface area (Å²) in [6.07, 6.45) is 0. The van der Waals surface area contributed by atoms with Crippen LogP contribution >= 0.6 is 0 Å². The van der Waals surface area contributed by atoms with E-state index in [4.69, 9.17) is 9.47 Å². The molecule has 0 radical (unpaired) electrons. The molecule has 6 nitrogen and oxygen atoms in total. The highest BCUT2D eigenvalue weighted by molar-refractivity contribution is 6.22. The highest BCUT2D eigenvalue weighted by Crippen LogP contribution is 2.26. The Hall–Kier alpha value is -3.93. The van der Waals surface area contributed by atoms with Crippen molar-refractivity contribution >= 4 is 17.8 Å². The summed E-state index contributed by atoms with van der Waals surface area (Å²) in [7, 11) is 0. The number of hydrogen-bond donors (Lipinski definition) is 0. The highest BCUT2D eigenvalue weighted by atomic mass is 16.5. The van der Waals surface area contributed by atoms with Crippen molar-refractivity contribution in [1.29, 1.82) is 0 Å². The van der Waals surface area contributed by atoms with Crippen LogP contribution in [0.3, 0.4) is 0 Å². The quantitative estimate of drug-likeness (QED) is 0.425. The summed E-state index contributed by atoms with van der Waals surface area (Å²) in [5, 5.41) is 0. The molecule has 31 heavy (non-hydrogen) atoms. The molecule has 3 aromatic rings. The minimum Gasteiger partial charge on any atom is -0.457 e. The van der Waals surface area contributed by atoms with Gasteiger partial charge in [0.1, 0.15) is 18.1 Å². The molecule has 0 unspecified atom stereocenters. The molecule has 0 bridgehead atoms. The van der Waals surface area contributed by atoms with Crippen molar-refractivity contribution < 1.29 is 23.9 Å². The highest BCUT2D eigenvalue weighted by Gasteiger charge is 2.37. The molecule has 2 amide bonds. The Balaban J connectivity index is 1.44. The van der Waals surface area contributed by atoms with Crippen LogP contribution in [0, 0.1) is 0 Å². The molecule has 1 heterocycles. The number of ether oxygens (including phenoxy) is 2. The van der Waals surface area contributed by atoms with Crippen LogP contribution in [0.25, 0.3) is 0 Å². The third-order valence-corrected chi connectivity index (χ3v) is 4.92. The predicted molar refractivity (Wildman–Crippen MR) is 114 cm³/mol. The molecule has 0 N–H and O–H groups in total. The van der Waals surface area contributed by atoms with Gasteiger partial charge in [-0.1, -0.05) is 30.3 Å². The zero-order valence-corrected chi connectivity index (χ0v) is 17.2. The standard InChI is InChI=1S/C25H21NO5/c1-16(2)26-23(27)21-12-11-18(14-22(21)24(26)28)25(29)30-15-17-7-6-10-20(13-17)31-19-8-4-3-5-9-19/h3-14,16H,15H2,1-2H3. The van der Waals surface area contributed by atoms with Crippen molar-refractivity contribution in [1.82, 2.24) is 4.90 Å². The molecule has 0 fully saturated rings. The smallest absolute Gasteiger partial charge is 0.338 e. The van der Waals surface area contributed by atoms with Crippen molar-refractivity contribution in [3.63, 3.8) is 0 Å². The summed E-state index contributed by atoms with van der Waals surface area (Å²) in [6.45, 7) is 3.59. The van der Waals surface area contributed by atoms with Gasteiger partial charge in [0.05, 0.1) is 16.7 Å².